The second kappa shape index (κ2) is 10.9. The van der Waals surface area contributed by atoms with Crippen LogP contribution in [0.1, 0.15) is 23.7 Å². The van der Waals surface area contributed by atoms with E-state index in [4.69, 9.17) is 0 Å². The Kier molecular flexibility index (Phi) is 7.86. The maximum Gasteiger partial charge on any atom is 0.172 e. The summed E-state index contributed by atoms with van der Waals surface area (Å²) in [6, 6.07) is 27.2. The van der Waals surface area contributed by atoms with E-state index < -0.39 is 11.0 Å². The van der Waals surface area contributed by atoms with Gasteiger partial charge in [-0.1, -0.05) is 66.7 Å². The summed E-state index contributed by atoms with van der Waals surface area (Å²) >= 11 is 0. The van der Waals surface area contributed by atoms with Crippen molar-refractivity contribution in [1.29, 1.82) is 0 Å². The molecule has 0 saturated carbocycles. The number of rotatable bonds is 5. The molecule has 0 N–H and O–H groups in total. The summed E-state index contributed by atoms with van der Waals surface area (Å²) in [7, 11) is 4.44. The van der Waals surface area contributed by atoms with Crippen LogP contribution in [0.2, 0.25) is 0 Å². The molecule has 1 aromatic heterocycles. The first kappa shape index (κ1) is 28.2. The van der Waals surface area contributed by atoms with E-state index >= 15 is 4.79 Å². The first-order chi connectivity index (χ1) is 18.4. The third kappa shape index (κ3) is 4.80. The SMILES string of the molecule is CN1CCN(C)CC(C)(N2C[C@@]3(c4ccccc4)CN(Cc4ccccn4)CC2(c2ccccc2)C3=O)C1.[Cu]. The Morgan fingerprint density at radius 1 is 0.744 bits per heavy atom. The number of carbonyl (C=O) groups is 1. The first-order valence-electron chi connectivity index (χ1n) is 13.8. The van der Waals surface area contributed by atoms with Crippen LogP contribution in [-0.4, -0.2) is 95.8 Å². The van der Waals surface area contributed by atoms with Gasteiger partial charge in [-0.05, 0) is 44.3 Å². The molecule has 2 atom stereocenters. The van der Waals surface area contributed by atoms with E-state index in [-0.39, 0.29) is 22.6 Å². The van der Waals surface area contributed by atoms with Gasteiger partial charge in [0.05, 0.1) is 11.1 Å². The van der Waals surface area contributed by atoms with Gasteiger partial charge in [-0.25, -0.2) is 0 Å². The molecule has 3 aliphatic heterocycles. The molecule has 1 unspecified atom stereocenters. The number of ketones is 1. The summed E-state index contributed by atoms with van der Waals surface area (Å²) in [5.74, 6) is 0.343. The van der Waals surface area contributed by atoms with Gasteiger partial charge < -0.3 is 9.80 Å². The van der Waals surface area contributed by atoms with Gasteiger partial charge in [0.25, 0.3) is 0 Å². The molecule has 209 valence electrons. The van der Waals surface area contributed by atoms with Crippen LogP contribution in [0.5, 0.6) is 0 Å². The van der Waals surface area contributed by atoms with Crippen molar-refractivity contribution in [3.63, 3.8) is 0 Å². The minimum Gasteiger partial charge on any atom is -0.303 e. The number of carbonyl (C=O) groups excluding carboxylic acids is 1. The van der Waals surface area contributed by atoms with Crippen LogP contribution in [0.25, 0.3) is 0 Å². The Balaban J connectivity index is 0.00000308. The van der Waals surface area contributed by atoms with E-state index in [9.17, 15) is 0 Å². The zero-order valence-electron chi connectivity index (χ0n) is 23.2. The van der Waals surface area contributed by atoms with Gasteiger partial charge in [0.2, 0.25) is 0 Å². The van der Waals surface area contributed by atoms with E-state index in [1.165, 1.54) is 0 Å². The van der Waals surface area contributed by atoms with Crippen LogP contribution in [0.4, 0.5) is 0 Å². The van der Waals surface area contributed by atoms with Crippen molar-refractivity contribution in [2.45, 2.75) is 30.0 Å². The van der Waals surface area contributed by atoms with E-state index in [0.717, 1.165) is 49.5 Å². The minimum atomic E-state index is -0.745. The van der Waals surface area contributed by atoms with Gasteiger partial charge in [-0.15, -0.1) is 0 Å². The molecule has 3 aromatic rings. The van der Waals surface area contributed by atoms with Crippen LogP contribution in [-0.2, 0) is 39.4 Å². The molecule has 4 heterocycles. The van der Waals surface area contributed by atoms with Crippen LogP contribution >= 0.6 is 0 Å². The van der Waals surface area contributed by atoms with Crippen molar-refractivity contribution in [2.75, 3.05) is 59.9 Å². The Labute approximate surface area is 243 Å². The Morgan fingerprint density at radius 2 is 1.33 bits per heavy atom. The van der Waals surface area contributed by atoms with E-state index in [2.05, 4.69) is 112 Å². The third-order valence-corrected chi connectivity index (χ3v) is 9.07. The molecule has 0 spiro atoms. The summed E-state index contributed by atoms with van der Waals surface area (Å²) in [6.07, 6.45) is 1.86. The maximum absolute atomic E-state index is 15.2. The quantitative estimate of drug-likeness (QED) is 0.437. The molecule has 6 nitrogen and oxygen atoms in total. The van der Waals surface area contributed by atoms with Crippen molar-refractivity contribution >= 4 is 5.78 Å². The summed E-state index contributed by atoms with van der Waals surface area (Å²) in [5.41, 5.74) is 1.70. The molecule has 3 aliphatic rings. The molecule has 0 aliphatic carbocycles. The average molecular weight is 573 g/mol. The molecule has 3 fully saturated rings. The number of hydrogen-bond acceptors (Lipinski definition) is 6. The smallest absolute Gasteiger partial charge is 0.172 e. The predicted molar refractivity (Wildman–Crippen MR) is 151 cm³/mol. The molecule has 0 amide bonds. The molecule has 1 radical (unpaired) electrons. The standard InChI is InChI=1S/C32H39N5O.Cu/c1-30(21-34(2)18-19-35(3)22-30)37-24-31(26-12-6-4-7-13-26)23-36(20-28-16-10-11-17-33-28)25-32(37,29(31)38)27-14-8-5-9-15-27;/h4-17H,18-25H2,1-3H3;/t31-,32?;/m1./s1. The summed E-state index contributed by atoms with van der Waals surface area (Å²) in [5, 5.41) is 0. The predicted octanol–water partition coefficient (Wildman–Crippen LogP) is 3.25. The molecule has 7 heteroatoms. The minimum absolute atomic E-state index is 0. The van der Waals surface area contributed by atoms with Crippen molar-refractivity contribution < 1.29 is 21.9 Å². The number of hydrogen-bond donors (Lipinski definition) is 0. The van der Waals surface area contributed by atoms with Crippen molar-refractivity contribution in [2.24, 2.45) is 0 Å². The number of likely N-dealkylation sites (tertiary alicyclic amines) is 2. The van der Waals surface area contributed by atoms with E-state index in [0.29, 0.717) is 25.4 Å². The van der Waals surface area contributed by atoms with Crippen LogP contribution in [0, 0.1) is 0 Å². The number of pyridine rings is 1. The van der Waals surface area contributed by atoms with Gasteiger partial charge in [0, 0.05) is 81.2 Å². The van der Waals surface area contributed by atoms with Gasteiger partial charge in [-0.2, -0.15) is 0 Å². The summed E-state index contributed by atoms with van der Waals surface area (Å²) in [4.78, 5) is 29.8. The van der Waals surface area contributed by atoms with E-state index in [1.807, 2.05) is 18.3 Å². The fraction of sp³-hybridized carbons (Fsp3) is 0.438. The Morgan fingerprint density at radius 3 is 1.92 bits per heavy atom. The topological polar surface area (TPSA) is 42.9 Å². The summed E-state index contributed by atoms with van der Waals surface area (Å²) in [6.45, 7) is 9.07. The van der Waals surface area contributed by atoms with Crippen molar-refractivity contribution in [3.05, 3.63) is 102 Å². The van der Waals surface area contributed by atoms with Gasteiger partial charge in [0.15, 0.2) is 5.78 Å². The zero-order valence-corrected chi connectivity index (χ0v) is 24.1. The molecule has 6 rings (SSSR count). The molecule has 2 bridgehead atoms. The molecule has 39 heavy (non-hydrogen) atoms. The second-order valence-corrected chi connectivity index (χ2v) is 12.0. The monoisotopic (exact) mass is 572 g/mol. The third-order valence-electron chi connectivity index (χ3n) is 9.07. The van der Waals surface area contributed by atoms with Gasteiger partial charge >= 0.3 is 0 Å². The molecule has 2 aromatic carbocycles. The molecular weight excluding hydrogens is 534 g/mol. The van der Waals surface area contributed by atoms with Crippen molar-refractivity contribution in [1.82, 2.24) is 24.6 Å². The number of aromatic nitrogens is 1. The number of likely N-dealkylation sites (N-methyl/N-ethyl adjacent to an activating group) is 2. The Bertz CT molecular complexity index is 1260. The van der Waals surface area contributed by atoms with E-state index in [1.54, 1.807) is 0 Å². The maximum atomic E-state index is 15.2. The van der Waals surface area contributed by atoms with Gasteiger partial charge in [-0.3, -0.25) is 19.6 Å². The molecule has 3 saturated heterocycles. The second-order valence-electron chi connectivity index (χ2n) is 12.0. The number of nitrogens with zero attached hydrogens (tertiary/aromatic N) is 5. The zero-order chi connectivity index (χ0) is 26.4. The van der Waals surface area contributed by atoms with Crippen LogP contribution in [0.3, 0.4) is 0 Å². The fourth-order valence-corrected chi connectivity index (χ4v) is 7.57. The van der Waals surface area contributed by atoms with Gasteiger partial charge in [0.1, 0.15) is 5.54 Å². The first-order valence-corrected chi connectivity index (χ1v) is 13.8. The average Bonchev–Trinajstić information content (AvgIpc) is 3.02. The van der Waals surface area contributed by atoms with Crippen molar-refractivity contribution in [3.8, 4) is 0 Å². The fourth-order valence-electron chi connectivity index (χ4n) is 7.57. The number of benzene rings is 2. The molecular formula is C32H39CuN5O. The van der Waals surface area contributed by atoms with Crippen LogP contribution < -0.4 is 0 Å². The largest absolute Gasteiger partial charge is 0.303 e. The van der Waals surface area contributed by atoms with Crippen LogP contribution in [0.15, 0.2) is 85.1 Å². The number of Topliss-reactive ketones (excluding diaryl/α,β-unsaturated/α-hetero) is 1. The Hall–Kier alpha value is -2.38. The summed E-state index contributed by atoms with van der Waals surface area (Å²) < 4.78 is 0. The number of piperidine rings is 1. The number of fused-ring (bicyclic) bond motifs is 2. The normalized spacial score (nSPS) is 28.1.